The number of carboxylic acids is 1. The molecule has 0 heterocycles. The molecule has 2 N–H and O–H groups in total. The number of rotatable bonds is 6. The van der Waals surface area contributed by atoms with Crippen LogP contribution in [0.3, 0.4) is 0 Å². The number of hydrogen-bond acceptors (Lipinski definition) is 3. The van der Waals surface area contributed by atoms with Gasteiger partial charge >= 0.3 is 12.1 Å². The van der Waals surface area contributed by atoms with Crippen LogP contribution < -0.4 is 10.1 Å². The summed E-state index contributed by atoms with van der Waals surface area (Å²) < 4.78 is 42.7. The molecule has 2 aromatic rings. The van der Waals surface area contributed by atoms with Crippen molar-refractivity contribution in [1.29, 1.82) is 0 Å². The van der Waals surface area contributed by atoms with Gasteiger partial charge in [0.15, 0.2) is 0 Å². The summed E-state index contributed by atoms with van der Waals surface area (Å²) in [5.41, 5.74) is -0.320. The quantitative estimate of drug-likeness (QED) is 0.823. The molecule has 0 aromatic heterocycles. The number of hydrogen-bond donors (Lipinski definition) is 2. The summed E-state index contributed by atoms with van der Waals surface area (Å²) in [5, 5.41) is 11.6. The number of carbonyl (C=O) groups is 2. The lowest BCUT2D eigenvalue weighted by Gasteiger charge is -2.15. The van der Waals surface area contributed by atoms with Crippen molar-refractivity contribution in [2.75, 3.05) is 7.11 Å². The highest BCUT2D eigenvalue weighted by molar-refractivity contribution is 5.96. The fourth-order valence-electron chi connectivity index (χ4n) is 2.29. The van der Waals surface area contributed by atoms with Crippen molar-refractivity contribution in [3.8, 4) is 5.75 Å². The van der Waals surface area contributed by atoms with Crippen molar-refractivity contribution in [3.63, 3.8) is 0 Å². The maximum atomic E-state index is 12.6. The topological polar surface area (TPSA) is 75.6 Å². The van der Waals surface area contributed by atoms with Crippen LogP contribution in [0.5, 0.6) is 5.75 Å². The van der Waals surface area contributed by atoms with Gasteiger partial charge in [0.25, 0.3) is 5.91 Å². The first-order chi connectivity index (χ1) is 12.2. The summed E-state index contributed by atoms with van der Waals surface area (Å²) in [4.78, 5) is 23.6. The van der Waals surface area contributed by atoms with Crippen LogP contribution >= 0.6 is 0 Å². The summed E-state index contributed by atoms with van der Waals surface area (Å²) in [7, 11) is 1.47. The molecule has 0 aliphatic heterocycles. The van der Waals surface area contributed by atoms with Gasteiger partial charge in [-0.05, 0) is 42.0 Å². The van der Waals surface area contributed by atoms with Crippen molar-refractivity contribution in [2.45, 2.75) is 18.6 Å². The van der Waals surface area contributed by atoms with Crippen molar-refractivity contribution in [1.82, 2.24) is 5.32 Å². The summed E-state index contributed by atoms with van der Waals surface area (Å²) in [6, 6.07) is 9.01. The standard InChI is InChI=1S/C18H16F3NO4/c1-26-14-4-2-3-11(9-14)10-15(17(24)25)22-16(23)12-5-7-13(8-6-12)18(19,20)21/h2-9,15H,10H2,1H3,(H,22,23)(H,24,25)/t15-/m0/s1. The predicted octanol–water partition coefficient (Wildman–Crippen LogP) is 3.14. The monoisotopic (exact) mass is 367 g/mol. The second kappa shape index (κ2) is 7.90. The number of methoxy groups -OCH3 is 1. The van der Waals surface area contributed by atoms with Gasteiger partial charge in [-0.2, -0.15) is 13.2 Å². The van der Waals surface area contributed by atoms with E-state index in [0.29, 0.717) is 11.3 Å². The maximum absolute atomic E-state index is 12.6. The molecule has 2 aromatic carbocycles. The van der Waals surface area contributed by atoms with Crippen LogP contribution in [0.1, 0.15) is 21.5 Å². The second-order valence-corrected chi connectivity index (χ2v) is 5.50. The first kappa shape index (κ1) is 19.3. The number of halogens is 3. The molecule has 0 bridgehead atoms. The Hall–Kier alpha value is -3.03. The second-order valence-electron chi connectivity index (χ2n) is 5.50. The zero-order valence-electron chi connectivity index (χ0n) is 13.7. The molecule has 0 spiro atoms. The number of aliphatic carboxylic acids is 1. The molecule has 26 heavy (non-hydrogen) atoms. The lowest BCUT2D eigenvalue weighted by atomic mass is 10.0. The average Bonchev–Trinajstić information content (AvgIpc) is 2.60. The first-order valence-electron chi connectivity index (χ1n) is 7.54. The van der Waals surface area contributed by atoms with Gasteiger partial charge in [-0.3, -0.25) is 4.79 Å². The highest BCUT2D eigenvalue weighted by Crippen LogP contribution is 2.29. The van der Waals surface area contributed by atoms with Gasteiger partial charge in [0, 0.05) is 12.0 Å². The Bertz CT molecular complexity index is 788. The van der Waals surface area contributed by atoms with Crippen LogP contribution in [0, 0.1) is 0 Å². The van der Waals surface area contributed by atoms with Crippen LogP contribution in [-0.4, -0.2) is 30.1 Å². The highest BCUT2D eigenvalue weighted by Gasteiger charge is 2.30. The Morgan fingerprint density at radius 2 is 1.81 bits per heavy atom. The Morgan fingerprint density at radius 1 is 1.15 bits per heavy atom. The van der Waals surface area contributed by atoms with E-state index >= 15 is 0 Å². The minimum absolute atomic E-state index is 0.00108. The Morgan fingerprint density at radius 3 is 2.35 bits per heavy atom. The van der Waals surface area contributed by atoms with Crippen LogP contribution in [0.4, 0.5) is 13.2 Å². The molecule has 1 amide bonds. The summed E-state index contributed by atoms with van der Waals surface area (Å²) in [6.45, 7) is 0. The highest BCUT2D eigenvalue weighted by atomic mass is 19.4. The van der Waals surface area contributed by atoms with E-state index in [1.54, 1.807) is 24.3 Å². The summed E-state index contributed by atoms with van der Waals surface area (Å²) in [6.07, 6.45) is -4.51. The van der Waals surface area contributed by atoms with E-state index in [2.05, 4.69) is 5.32 Å². The van der Waals surface area contributed by atoms with E-state index in [1.807, 2.05) is 0 Å². The van der Waals surface area contributed by atoms with Crippen LogP contribution in [-0.2, 0) is 17.4 Å². The lowest BCUT2D eigenvalue weighted by Crippen LogP contribution is -2.42. The zero-order chi connectivity index (χ0) is 19.3. The van der Waals surface area contributed by atoms with E-state index in [4.69, 9.17) is 4.74 Å². The smallest absolute Gasteiger partial charge is 0.416 e. The third-order valence-electron chi connectivity index (χ3n) is 3.65. The van der Waals surface area contributed by atoms with Gasteiger partial charge in [0.05, 0.1) is 12.7 Å². The SMILES string of the molecule is COc1cccc(C[C@H](NC(=O)c2ccc(C(F)(F)F)cc2)C(=O)O)c1. The van der Waals surface area contributed by atoms with Crippen LogP contribution in [0.25, 0.3) is 0 Å². The maximum Gasteiger partial charge on any atom is 0.416 e. The number of ether oxygens (including phenoxy) is 1. The van der Waals surface area contributed by atoms with Gasteiger partial charge in [0.2, 0.25) is 0 Å². The van der Waals surface area contributed by atoms with Gasteiger partial charge in [-0.25, -0.2) is 4.79 Å². The number of nitrogens with one attached hydrogen (secondary N) is 1. The largest absolute Gasteiger partial charge is 0.497 e. The fraction of sp³-hybridized carbons (Fsp3) is 0.222. The molecule has 0 unspecified atom stereocenters. The molecule has 0 radical (unpaired) electrons. The van der Waals surface area contributed by atoms with E-state index in [-0.39, 0.29) is 12.0 Å². The number of alkyl halides is 3. The van der Waals surface area contributed by atoms with Crippen molar-refractivity contribution in [3.05, 3.63) is 65.2 Å². The third-order valence-corrected chi connectivity index (χ3v) is 3.65. The van der Waals surface area contributed by atoms with Gasteiger partial charge < -0.3 is 15.2 Å². The van der Waals surface area contributed by atoms with Crippen molar-refractivity contribution in [2.24, 2.45) is 0 Å². The van der Waals surface area contributed by atoms with Gasteiger partial charge in [-0.15, -0.1) is 0 Å². The van der Waals surface area contributed by atoms with Gasteiger partial charge in [-0.1, -0.05) is 12.1 Å². The predicted molar refractivity (Wildman–Crippen MR) is 87.0 cm³/mol. The number of amides is 1. The van der Waals surface area contributed by atoms with Crippen LogP contribution in [0.2, 0.25) is 0 Å². The van der Waals surface area contributed by atoms with E-state index in [0.717, 1.165) is 24.3 Å². The van der Waals surface area contributed by atoms with E-state index in [9.17, 15) is 27.9 Å². The molecule has 0 saturated carbocycles. The Kier molecular flexibility index (Phi) is 5.86. The zero-order valence-corrected chi connectivity index (χ0v) is 13.7. The minimum Gasteiger partial charge on any atom is -0.497 e. The van der Waals surface area contributed by atoms with E-state index in [1.165, 1.54) is 7.11 Å². The molecular formula is C18H16F3NO4. The molecule has 8 heteroatoms. The van der Waals surface area contributed by atoms with Crippen molar-refractivity contribution >= 4 is 11.9 Å². The Labute approximate surface area is 147 Å². The molecular weight excluding hydrogens is 351 g/mol. The fourth-order valence-corrected chi connectivity index (χ4v) is 2.29. The average molecular weight is 367 g/mol. The Balaban J connectivity index is 2.11. The van der Waals surface area contributed by atoms with Crippen LogP contribution in [0.15, 0.2) is 48.5 Å². The molecule has 1 atom stereocenters. The van der Waals surface area contributed by atoms with Crippen molar-refractivity contribution < 1.29 is 32.6 Å². The molecule has 138 valence electrons. The number of benzene rings is 2. The summed E-state index contributed by atoms with van der Waals surface area (Å²) >= 11 is 0. The van der Waals surface area contributed by atoms with E-state index < -0.39 is 29.7 Å². The molecule has 5 nitrogen and oxygen atoms in total. The molecule has 0 aliphatic rings. The molecule has 0 aliphatic carbocycles. The normalized spacial score (nSPS) is 12.3. The number of carboxylic acid groups (broad SMARTS) is 1. The molecule has 0 fully saturated rings. The molecule has 2 rings (SSSR count). The minimum atomic E-state index is -4.51. The first-order valence-corrected chi connectivity index (χ1v) is 7.54. The summed E-state index contributed by atoms with van der Waals surface area (Å²) in [5.74, 6) is -1.48. The number of carbonyl (C=O) groups excluding carboxylic acids is 1. The molecule has 0 saturated heterocycles. The third kappa shape index (κ3) is 4.98. The lowest BCUT2D eigenvalue weighted by molar-refractivity contribution is -0.139. The van der Waals surface area contributed by atoms with Gasteiger partial charge in [0.1, 0.15) is 11.8 Å².